The molecule has 1 aromatic rings. The Morgan fingerprint density at radius 2 is 1.88 bits per heavy atom. The predicted molar refractivity (Wildman–Crippen MR) is 72.3 cm³/mol. The second kappa shape index (κ2) is 6.70. The van der Waals surface area contributed by atoms with E-state index in [0.29, 0.717) is 5.92 Å². The quantitative estimate of drug-likeness (QED) is 0.593. The highest BCUT2D eigenvalue weighted by atomic mass is 32.2. The van der Waals surface area contributed by atoms with Crippen molar-refractivity contribution in [1.82, 2.24) is 0 Å². The number of rotatable bonds is 5. The Morgan fingerprint density at radius 3 is 2.29 bits per heavy atom. The lowest BCUT2D eigenvalue weighted by atomic mass is 9.89. The standard InChI is InChI=1S/C14H20O2S/c1-10(2)13(14(15)16-3)9-11-5-7-12(17-4)8-6-11/h5-8,10,13H,9H2,1-4H3. The average Bonchev–Trinajstić information content (AvgIpc) is 2.35. The highest BCUT2D eigenvalue weighted by Gasteiger charge is 2.23. The van der Waals surface area contributed by atoms with Crippen LogP contribution in [0.3, 0.4) is 0 Å². The first-order chi connectivity index (χ1) is 8.08. The molecule has 1 rings (SSSR count). The van der Waals surface area contributed by atoms with Crippen molar-refractivity contribution in [2.45, 2.75) is 25.2 Å². The molecule has 2 nitrogen and oxygen atoms in total. The number of carbonyl (C=O) groups excluding carboxylic acids is 1. The summed E-state index contributed by atoms with van der Waals surface area (Å²) in [5.74, 6) is 0.122. The second-order valence-corrected chi connectivity index (χ2v) is 5.31. The molecular weight excluding hydrogens is 232 g/mol. The normalized spacial score (nSPS) is 12.5. The van der Waals surface area contributed by atoms with Crippen molar-refractivity contribution in [3.8, 4) is 0 Å². The smallest absolute Gasteiger partial charge is 0.309 e. The second-order valence-electron chi connectivity index (χ2n) is 4.43. The fraction of sp³-hybridized carbons (Fsp3) is 0.500. The minimum atomic E-state index is -0.117. The molecule has 0 aliphatic rings. The molecule has 17 heavy (non-hydrogen) atoms. The molecule has 0 amide bonds. The molecule has 0 saturated carbocycles. The van der Waals surface area contributed by atoms with Crippen LogP contribution in [0.2, 0.25) is 0 Å². The van der Waals surface area contributed by atoms with Gasteiger partial charge in [0.1, 0.15) is 0 Å². The maximum absolute atomic E-state index is 11.7. The van der Waals surface area contributed by atoms with E-state index in [4.69, 9.17) is 4.74 Å². The number of ether oxygens (including phenoxy) is 1. The van der Waals surface area contributed by atoms with Gasteiger partial charge >= 0.3 is 5.97 Å². The maximum atomic E-state index is 11.7. The Bertz CT molecular complexity index is 357. The van der Waals surface area contributed by atoms with Crippen LogP contribution in [-0.2, 0) is 16.0 Å². The molecule has 94 valence electrons. The van der Waals surface area contributed by atoms with E-state index >= 15 is 0 Å². The van der Waals surface area contributed by atoms with Gasteiger partial charge < -0.3 is 4.74 Å². The molecule has 0 aromatic heterocycles. The average molecular weight is 252 g/mol. The third kappa shape index (κ3) is 4.08. The van der Waals surface area contributed by atoms with Gasteiger partial charge in [-0.05, 0) is 36.3 Å². The fourth-order valence-electron chi connectivity index (χ4n) is 1.76. The number of esters is 1. The number of thioether (sulfide) groups is 1. The summed E-state index contributed by atoms with van der Waals surface area (Å²) in [5, 5.41) is 0. The molecule has 0 saturated heterocycles. The highest BCUT2D eigenvalue weighted by molar-refractivity contribution is 7.98. The van der Waals surface area contributed by atoms with Gasteiger partial charge in [0.25, 0.3) is 0 Å². The number of benzene rings is 1. The van der Waals surface area contributed by atoms with Crippen LogP contribution in [-0.4, -0.2) is 19.3 Å². The van der Waals surface area contributed by atoms with Crippen LogP contribution in [0.25, 0.3) is 0 Å². The fourth-order valence-corrected chi connectivity index (χ4v) is 2.17. The number of methoxy groups -OCH3 is 1. The Hall–Kier alpha value is -0.960. The van der Waals surface area contributed by atoms with Gasteiger partial charge in [-0.2, -0.15) is 0 Å². The van der Waals surface area contributed by atoms with Gasteiger partial charge in [-0.3, -0.25) is 4.79 Å². The summed E-state index contributed by atoms with van der Waals surface area (Å²) in [6.45, 7) is 4.11. The van der Waals surface area contributed by atoms with Crippen molar-refractivity contribution < 1.29 is 9.53 Å². The summed E-state index contributed by atoms with van der Waals surface area (Å²) in [4.78, 5) is 12.9. The summed E-state index contributed by atoms with van der Waals surface area (Å²) in [6.07, 6.45) is 2.80. The lowest BCUT2D eigenvalue weighted by Gasteiger charge is -2.18. The van der Waals surface area contributed by atoms with Crippen molar-refractivity contribution in [2.75, 3.05) is 13.4 Å². The van der Waals surface area contributed by atoms with Gasteiger partial charge in [0.15, 0.2) is 0 Å². The zero-order valence-corrected chi connectivity index (χ0v) is 11.7. The first-order valence-electron chi connectivity index (χ1n) is 5.79. The molecule has 0 heterocycles. The Balaban J connectivity index is 2.75. The minimum absolute atomic E-state index is 0.0554. The van der Waals surface area contributed by atoms with E-state index in [-0.39, 0.29) is 11.9 Å². The largest absolute Gasteiger partial charge is 0.469 e. The molecule has 0 aliphatic carbocycles. The number of carbonyl (C=O) groups is 1. The van der Waals surface area contributed by atoms with E-state index < -0.39 is 0 Å². The van der Waals surface area contributed by atoms with E-state index in [9.17, 15) is 4.79 Å². The molecule has 0 N–H and O–H groups in total. The van der Waals surface area contributed by atoms with Crippen molar-refractivity contribution in [1.29, 1.82) is 0 Å². The Labute approximate surface area is 108 Å². The van der Waals surface area contributed by atoms with Gasteiger partial charge in [0, 0.05) is 4.90 Å². The SMILES string of the molecule is COC(=O)C(Cc1ccc(SC)cc1)C(C)C. The summed E-state index contributed by atoms with van der Waals surface area (Å²) in [7, 11) is 1.45. The van der Waals surface area contributed by atoms with Gasteiger partial charge in [0.05, 0.1) is 13.0 Å². The Morgan fingerprint density at radius 1 is 1.29 bits per heavy atom. The zero-order chi connectivity index (χ0) is 12.8. The topological polar surface area (TPSA) is 26.3 Å². The summed E-state index contributed by atoms with van der Waals surface area (Å²) in [5.41, 5.74) is 1.19. The minimum Gasteiger partial charge on any atom is -0.469 e. The summed E-state index contributed by atoms with van der Waals surface area (Å²) < 4.78 is 4.85. The van der Waals surface area contributed by atoms with E-state index in [1.54, 1.807) is 11.8 Å². The van der Waals surface area contributed by atoms with Crippen molar-refractivity contribution >= 4 is 17.7 Å². The van der Waals surface area contributed by atoms with Crippen molar-refractivity contribution in [3.63, 3.8) is 0 Å². The molecule has 0 bridgehead atoms. The van der Waals surface area contributed by atoms with Crippen LogP contribution in [0, 0.1) is 11.8 Å². The van der Waals surface area contributed by atoms with Gasteiger partial charge in [-0.15, -0.1) is 11.8 Å². The molecule has 0 spiro atoms. The highest BCUT2D eigenvalue weighted by Crippen LogP contribution is 2.21. The van der Waals surface area contributed by atoms with E-state index in [1.807, 2.05) is 0 Å². The Kier molecular flexibility index (Phi) is 5.56. The molecule has 0 aliphatic heterocycles. The van der Waals surface area contributed by atoms with Crippen LogP contribution >= 0.6 is 11.8 Å². The molecule has 1 aromatic carbocycles. The lowest BCUT2D eigenvalue weighted by molar-refractivity contribution is -0.146. The third-order valence-corrected chi connectivity index (χ3v) is 3.67. The van der Waals surface area contributed by atoms with Gasteiger partial charge in [-0.1, -0.05) is 26.0 Å². The molecule has 3 heteroatoms. The lowest BCUT2D eigenvalue weighted by Crippen LogP contribution is -2.23. The molecular formula is C14H20O2S. The van der Waals surface area contributed by atoms with Crippen LogP contribution in [0.5, 0.6) is 0 Å². The molecule has 0 fully saturated rings. The maximum Gasteiger partial charge on any atom is 0.309 e. The molecule has 1 atom stereocenters. The van der Waals surface area contributed by atoms with E-state index in [0.717, 1.165) is 6.42 Å². The monoisotopic (exact) mass is 252 g/mol. The number of hydrogen-bond donors (Lipinski definition) is 0. The van der Waals surface area contributed by atoms with Crippen LogP contribution in [0.15, 0.2) is 29.2 Å². The summed E-state index contributed by atoms with van der Waals surface area (Å²) >= 11 is 1.72. The van der Waals surface area contributed by atoms with Crippen molar-refractivity contribution in [2.24, 2.45) is 11.8 Å². The number of hydrogen-bond acceptors (Lipinski definition) is 3. The third-order valence-electron chi connectivity index (χ3n) is 2.92. The predicted octanol–water partition coefficient (Wildman–Crippen LogP) is 3.40. The zero-order valence-electron chi connectivity index (χ0n) is 10.9. The van der Waals surface area contributed by atoms with Crippen LogP contribution in [0.1, 0.15) is 19.4 Å². The van der Waals surface area contributed by atoms with Gasteiger partial charge in [0.2, 0.25) is 0 Å². The van der Waals surface area contributed by atoms with Crippen molar-refractivity contribution in [3.05, 3.63) is 29.8 Å². The van der Waals surface area contributed by atoms with E-state index in [1.165, 1.54) is 17.6 Å². The molecule has 0 radical (unpaired) electrons. The molecule has 1 unspecified atom stereocenters. The first kappa shape index (κ1) is 14.1. The summed E-state index contributed by atoms with van der Waals surface area (Å²) in [6, 6.07) is 8.36. The van der Waals surface area contributed by atoms with Crippen LogP contribution in [0.4, 0.5) is 0 Å². The van der Waals surface area contributed by atoms with Crippen LogP contribution < -0.4 is 0 Å². The van der Waals surface area contributed by atoms with E-state index in [2.05, 4.69) is 44.4 Å². The van der Waals surface area contributed by atoms with Gasteiger partial charge in [-0.25, -0.2) is 0 Å². The first-order valence-corrected chi connectivity index (χ1v) is 7.01.